The lowest BCUT2D eigenvalue weighted by molar-refractivity contribution is 0.100. The van der Waals surface area contributed by atoms with Crippen LogP contribution in [0.2, 0.25) is 0 Å². The first kappa shape index (κ1) is 19.8. The molecular weight excluding hydrogens is 385 g/mol. The first-order valence-electron chi connectivity index (χ1n) is 9.69. The van der Waals surface area contributed by atoms with Gasteiger partial charge in [0.05, 0.1) is 18.5 Å². The van der Waals surface area contributed by atoms with E-state index in [1.165, 1.54) is 18.2 Å². The largest absolute Gasteiger partial charge is 0.495 e. The van der Waals surface area contributed by atoms with E-state index < -0.39 is 11.7 Å². The average Bonchev–Trinajstić information content (AvgIpc) is 2.74. The summed E-state index contributed by atoms with van der Waals surface area (Å²) < 4.78 is 19.7. The van der Waals surface area contributed by atoms with Crippen LogP contribution in [0.5, 0.6) is 5.75 Å². The number of amides is 1. The number of primary amides is 1. The molecule has 0 aliphatic heterocycles. The van der Waals surface area contributed by atoms with E-state index in [-0.39, 0.29) is 16.5 Å². The van der Waals surface area contributed by atoms with Crippen molar-refractivity contribution in [2.45, 2.75) is 24.7 Å². The summed E-state index contributed by atoms with van der Waals surface area (Å²) in [5, 5.41) is 11.6. The maximum absolute atomic E-state index is 14.2. The van der Waals surface area contributed by atoms with Crippen molar-refractivity contribution in [1.82, 2.24) is 15.2 Å². The smallest absolute Gasteiger partial charge is 0.248 e. The van der Waals surface area contributed by atoms with Gasteiger partial charge in [-0.3, -0.25) is 9.78 Å². The Kier molecular flexibility index (Phi) is 5.31. The lowest BCUT2D eigenvalue weighted by Crippen LogP contribution is -2.42. The minimum absolute atomic E-state index is 0.116. The quantitative estimate of drug-likeness (QED) is 0.623. The normalized spacial score (nSPS) is 14.6. The van der Waals surface area contributed by atoms with Crippen LogP contribution in [-0.4, -0.2) is 34.7 Å². The van der Waals surface area contributed by atoms with Crippen LogP contribution in [0.4, 0.5) is 10.2 Å². The van der Waals surface area contributed by atoms with Crippen LogP contribution in [0, 0.1) is 5.82 Å². The predicted molar refractivity (Wildman–Crippen MR) is 111 cm³/mol. The fourth-order valence-corrected chi connectivity index (χ4v) is 3.76. The third-order valence-corrected chi connectivity index (χ3v) is 5.60. The van der Waals surface area contributed by atoms with Crippen LogP contribution >= 0.6 is 0 Å². The van der Waals surface area contributed by atoms with Gasteiger partial charge < -0.3 is 15.8 Å². The van der Waals surface area contributed by atoms with Crippen molar-refractivity contribution >= 4 is 11.7 Å². The first-order chi connectivity index (χ1) is 14.5. The Labute approximate surface area is 173 Å². The van der Waals surface area contributed by atoms with Crippen LogP contribution in [-0.2, 0) is 5.41 Å². The number of hydrogen-bond acceptors (Lipinski definition) is 6. The molecule has 0 bridgehead atoms. The molecule has 3 N–H and O–H groups in total. The van der Waals surface area contributed by atoms with Gasteiger partial charge in [-0.05, 0) is 55.3 Å². The minimum Gasteiger partial charge on any atom is -0.495 e. The Morgan fingerprint density at radius 3 is 2.70 bits per heavy atom. The lowest BCUT2D eigenvalue weighted by Gasteiger charge is -2.42. The zero-order valence-corrected chi connectivity index (χ0v) is 16.6. The molecule has 4 rings (SSSR count). The van der Waals surface area contributed by atoms with Crippen molar-refractivity contribution in [3.05, 3.63) is 65.7 Å². The summed E-state index contributed by atoms with van der Waals surface area (Å²) in [6.45, 7) is 0.639. The Hall–Kier alpha value is -3.55. The predicted octanol–water partition coefficient (Wildman–Crippen LogP) is 3.32. The maximum Gasteiger partial charge on any atom is 0.248 e. The van der Waals surface area contributed by atoms with Gasteiger partial charge in [-0.15, -0.1) is 10.2 Å². The highest BCUT2D eigenvalue weighted by Gasteiger charge is 2.42. The van der Waals surface area contributed by atoms with Crippen LogP contribution in [0.15, 0.2) is 48.7 Å². The first-order valence-corrected chi connectivity index (χ1v) is 9.69. The van der Waals surface area contributed by atoms with E-state index in [4.69, 9.17) is 10.5 Å². The second-order valence-corrected chi connectivity index (χ2v) is 7.40. The number of halogens is 1. The fourth-order valence-electron chi connectivity index (χ4n) is 3.76. The molecule has 1 fully saturated rings. The molecule has 2 heterocycles. The molecule has 154 valence electrons. The highest BCUT2D eigenvalue weighted by atomic mass is 19.1. The molecule has 1 aliphatic rings. The van der Waals surface area contributed by atoms with E-state index >= 15 is 0 Å². The topological polar surface area (TPSA) is 103 Å². The second-order valence-electron chi connectivity index (χ2n) is 7.40. The third-order valence-electron chi connectivity index (χ3n) is 5.60. The van der Waals surface area contributed by atoms with Gasteiger partial charge >= 0.3 is 0 Å². The van der Waals surface area contributed by atoms with E-state index in [1.807, 2.05) is 12.1 Å². The summed E-state index contributed by atoms with van der Waals surface area (Å²) in [7, 11) is 1.65. The SMILES string of the molecule is COc1cccnc1C1(CNc2ccc(-c3cc(C(N)=O)ccc3F)nn2)CCC1. The Bertz CT molecular complexity index is 1070. The average molecular weight is 407 g/mol. The van der Waals surface area contributed by atoms with Gasteiger partial charge in [-0.25, -0.2) is 4.39 Å². The summed E-state index contributed by atoms with van der Waals surface area (Å²) in [6.07, 6.45) is 4.91. The van der Waals surface area contributed by atoms with E-state index in [9.17, 15) is 9.18 Å². The van der Waals surface area contributed by atoms with Gasteiger partial charge in [0.15, 0.2) is 0 Å². The van der Waals surface area contributed by atoms with Gasteiger partial charge in [0.2, 0.25) is 5.91 Å². The summed E-state index contributed by atoms with van der Waals surface area (Å²) in [6, 6.07) is 11.1. The van der Waals surface area contributed by atoms with Crippen LogP contribution in [0.3, 0.4) is 0 Å². The fraction of sp³-hybridized carbons (Fsp3) is 0.273. The zero-order valence-electron chi connectivity index (χ0n) is 16.6. The number of nitrogens with two attached hydrogens (primary N) is 1. The molecule has 30 heavy (non-hydrogen) atoms. The number of rotatable bonds is 7. The van der Waals surface area contributed by atoms with Gasteiger partial charge in [0, 0.05) is 29.3 Å². The van der Waals surface area contributed by atoms with Gasteiger partial charge in [-0.1, -0.05) is 6.42 Å². The number of pyridine rings is 1. The maximum atomic E-state index is 14.2. The molecule has 0 atom stereocenters. The Morgan fingerprint density at radius 1 is 1.23 bits per heavy atom. The monoisotopic (exact) mass is 407 g/mol. The Morgan fingerprint density at radius 2 is 2.07 bits per heavy atom. The molecule has 2 aromatic heterocycles. The Balaban J connectivity index is 1.52. The lowest BCUT2D eigenvalue weighted by atomic mass is 9.66. The van der Waals surface area contributed by atoms with E-state index in [1.54, 1.807) is 25.4 Å². The second kappa shape index (κ2) is 8.06. The van der Waals surface area contributed by atoms with Crippen molar-refractivity contribution in [2.75, 3.05) is 19.0 Å². The van der Waals surface area contributed by atoms with Crippen LogP contribution < -0.4 is 15.8 Å². The number of methoxy groups -OCH3 is 1. The molecule has 0 unspecified atom stereocenters. The summed E-state index contributed by atoms with van der Waals surface area (Å²) in [4.78, 5) is 15.9. The van der Waals surface area contributed by atoms with Gasteiger partial charge in [-0.2, -0.15) is 0 Å². The number of carbonyl (C=O) groups excluding carboxylic acids is 1. The van der Waals surface area contributed by atoms with Crippen LogP contribution in [0.25, 0.3) is 11.3 Å². The molecule has 1 saturated carbocycles. The molecule has 0 spiro atoms. The van der Waals surface area contributed by atoms with E-state index in [0.29, 0.717) is 18.1 Å². The number of anilines is 1. The molecule has 1 amide bonds. The minimum atomic E-state index is -0.627. The number of hydrogen-bond donors (Lipinski definition) is 2. The van der Waals surface area contributed by atoms with Crippen molar-refractivity contribution in [3.63, 3.8) is 0 Å². The number of carbonyl (C=O) groups is 1. The summed E-state index contributed by atoms with van der Waals surface area (Å²) >= 11 is 0. The summed E-state index contributed by atoms with van der Waals surface area (Å²) in [5.41, 5.74) is 6.83. The van der Waals surface area contributed by atoms with Crippen molar-refractivity contribution in [1.29, 1.82) is 0 Å². The number of aromatic nitrogens is 3. The van der Waals surface area contributed by atoms with Crippen molar-refractivity contribution in [2.24, 2.45) is 5.73 Å². The number of benzene rings is 1. The van der Waals surface area contributed by atoms with Crippen LogP contribution in [0.1, 0.15) is 35.3 Å². The highest BCUT2D eigenvalue weighted by molar-refractivity contribution is 5.94. The van der Waals surface area contributed by atoms with Gasteiger partial charge in [0.1, 0.15) is 17.4 Å². The number of nitrogens with zero attached hydrogens (tertiary/aromatic N) is 3. The summed E-state index contributed by atoms with van der Waals surface area (Å²) in [5.74, 6) is 0.237. The molecular formula is C22H22FN5O2. The van der Waals surface area contributed by atoms with Crippen molar-refractivity contribution in [3.8, 4) is 17.0 Å². The zero-order chi connectivity index (χ0) is 21.1. The molecule has 0 saturated heterocycles. The van der Waals surface area contributed by atoms with E-state index in [0.717, 1.165) is 30.7 Å². The van der Waals surface area contributed by atoms with E-state index in [2.05, 4.69) is 20.5 Å². The number of nitrogens with one attached hydrogen (secondary N) is 1. The molecule has 0 radical (unpaired) electrons. The van der Waals surface area contributed by atoms with Crippen molar-refractivity contribution < 1.29 is 13.9 Å². The third kappa shape index (κ3) is 3.68. The standard InChI is InChI=1S/C22H22FN5O2/c1-30-18-4-2-11-25-20(18)22(9-3-10-22)13-26-19-8-7-17(27-28-19)15-12-14(21(24)29)5-6-16(15)23/h2,4-8,11-12H,3,9-10,13H2,1H3,(H2,24,29)(H,26,28). The van der Waals surface area contributed by atoms with Gasteiger partial charge in [0.25, 0.3) is 0 Å². The highest BCUT2D eigenvalue weighted by Crippen LogP contribution is 2.46. The molecule has 1 aromatic carbocycles. The number of ether oxygens (including phenoxy) is 1. The molecule has 3 aromatic rings. The molecule has 1 aliphatic carbocycles. The molecule has 7 nitrogen and oxygen atoms in total. The molecule has 8 heteroatoms.